The van der Waals surface area contributed by atoms with Gasteiger partial charge in [0.1, 0.15) is 0 Å². The van der Waals surface area contributed by atoms with Crippen molar-refractivity contribution in [2.24, 2.45) is 0 Å². The molecule has 2 aromatic carbocycles. The number of amides is 2. The molecule has 180 valence electrons. The number of benzene rings is 2. The lowest BCUT2D eigenvalue weighted by molar-refractivity contribution is -0.123. The molecule has 0 saturated carbocycles. The van der Waals surface area contributed by atoms with E-state index < -0.39 is 5.97 Å². The Morgan fingerprint density at radius 2 is 1.77 bits per heavy atom. The lowest BCUT2D eigenvalue weighted by atomic mass is 10.1. The third-order valence-electron chi connectivity index (χ3n) is 5.06. The topological polar surface area (TPSA) is 93.1 Å². The van der Waals surface area contributed by atoms with Crippen molar-refractivity contribution in [2.45, 2.75) is 20.4 Å². The molecular formula is C25H20ClNO6S2. The second-order valence-corrected chi connectivity index (χ2v) is 9.66. The highest BCUT2D eigenvalue weighted by Crippen LogP contribution is 2.40. The van der Waals surface area contributed by atoms with Crippen molar-refractivity contribution < 1.29 is 29.0 Å². The Hall–Kier alpha value is -3.27. The summed E-state index contributed by atoms with van der Waals surface area (Å²) in [6.07, 6.45) is 1.69. The average Bonchev–Trinajstić information content (AvgIpc) is 3.57. The number of fused-ring (bicyclic) bond motifs is 1. The van der Waals surface area contributed by atoms with Gasteiger partial charge >= 0.3 is 5.97 Å². The predicted molar refractivity (Wildman–Crippen MR) is 137 cm³/mol. The minimum atomic E-state index is -0.980. The van der Waals surface area contributed by atoms with E-state index >= 15 is 0 Å². The van der Waals surface area contributed by atoms with Crippen molar-refractivity contribution in [3.63, 3.8) is 0 Å². The van der Waals surface area contributed by atoms with Crippen molar-refractivity contribution in [2.75, 3.05) is 6.79 Å². The van der Waals surface area contributed by atoms with Gasteiger partial charge < -0.3 is 14.6 Å². The van der Waals surface area contributed by atoms with E-state index in [2.05, 4.69) is 0 Å². The molecule has 1 aromatic heterocycles. The van der Waals surface area contributed by atoms with Crippen molar-refractivity contribution in [3.05, 3.63) is 74.5 Å². The summed E-state index contributed by atoms with van der Waals surface area (Å²) in [5.74, 6) is -0.311. The Bertz CT molecular complexity index is 1330. The summed E-state index contributed by atoms with van der Waals surface area (Å²) in [6.45, 7) is 4.13. The molecule has 35 heavy (non-hydrogen) atoms. The molecule has 1 saturated heterocycles. The Morgan fingerprint density at radius 1 is 1.09 bits per heavy atom. The van der Waals surface area contributed by atoms with Crippen LogP contribution in [0, 0.1) is 0 Å². The smallest absolute Gasteiger partial charge is 0.335 e. The fraction of sp³-hybridized carbons (Fsp3) is 0.160. The van der Waals surface area contributed by atoms with Gasteiger partial charge in [-0.2, -0.15) is 0 Å². The van der Waals surface area contributed by atoms with Crippen molar-refractivity contribution in [3.8, 4) is 21.9 Å². The quantitative estimate of drug-likeness (QED) is 0.365. The van der Waals surface area contributed by atoms with E-state index in [-0.39, 0.29) is 30.0 Å². The largest absolute Gasteiger partial charge is 0.478 e. The van der Waals surface area contributed by atoms with Crippen LogP contribution in [0.3, 0.4) is 0 Å². The highest BCUT2D eigenvalue weighted by Gasteiger charge is 2.36. The van der Waals surface area contributed by atoms with E-state index in [1.165, 1.54) is 11.3 Å². The van der Waals surface area contributed by atoms with E-state index in [1.54, 1.807) is 42.5 Å². The monoisotopic (exact) mass is 529 g/mol. The zero-order valence-corrected chi connectivity index (χ0v) is 21.1. The maximum atomic E-state index is 12.9. The maximum Gasteiger partial charge on any atom is 0.335 e. The normalized spacial score (nSPS) is 15.4. The Labute approximate surface area is 214 Å². The van der Waals surface area contributed by atoms with Gasteiger partial charge in [-0.05, 0) is 59.3 Å². The van der Waals surface area contributed by atoms with E-state index in [1.807, 2.05) is 26.0 Å². The summed E-state index contributed by atoms with van der Waals surface area (Å²) >= 11 is 8.62. The molecule has 0 unspecified atom stereocenters. The molecular weight excluding hydrogens is 510 g/mol. The summed E-state index contributed by atoms with van der Waals surface area (Å²) in [5, 5.41) is 9.05. The molecule has 2 aliphatic rings. The molecule has 2 aliphatic heterocycles. The van der Waals surface area contributed by atoms with E-state index in [4.69, 9.17) is 26.2 Å². The number of nitrogens with zero attached hydrogens (tertiary/aromatic N) is 1. The van der Waals surface area contributed by atoms with Gasteiger partial charge in [-0.3, -0.25) is 14.5 Å². The highest BCUT2D eigenvalue weighted by atomic mass is 35.5. The number of halogens is 1. The van der Waals surface area contributed by atoms with Crippen LogP contribution in [-0.4, -0.2) is 33.9 Å². The second kappa shape index (κ2) is 10.6. The van der Waals surface area contributed by atoms with Crippen LogP contribution in [0.5, 0.6) is 11.5 Å². The molecule has 7 nitrogen and oxygen atoms in total. The molecule has 5 rings (SSSR count). The van der Waals surface area contributed by atoms with Gasteiger partial charge in [-0.15, -0.1) is 11.3 Å². The van der Waals surface area contributed by atoms with E-state index in [0.717, 1.165) is 32.0 Å². The van der Waals surface area contributed by atoms with Crippen LogP contribution in [-0.2, 0) is 11.3 Å². The number of thioether (sulfide) groups is 1. The number of hydrogen-bond acceptors (Lipinski definition) is 7. The van der Waals surface area contributed by atoms with Crippen LogP contribution in [0.25, 0.3) is 16.5 Å². The van der Waals surface area contributed by atoms with Gasteiger partial charge in [0.05, 0.1) is 17.0 Å². The highest BCUT2D eigenvalue weighted by molar-refractivity contribution is 8.18. The minimum absolute atomic E-state index is 0.0308. The Balaban J connectivity index is 0.00000141. The minimum Gasteiger partial charge on any atom is -0.478 e. The molecule has 1 N–H and O–H groups in total. The van der Waals surface area contributed by atoms with Crippen LogP contribution in [0.1, 0.15) is 34.6 Å². The van der Waals surface area contributed by atoms with Gasteiger partial charge in [-0.1, -0.05) is 37.6 Å². The zero-order chi connectivity index (χ0) is 25.1. The number of thiophene rings is 1. The molecule has 0 bridgehead atoms. The first-order valence-electron chi connectivity index (χ1n) is 10.7. The lowest BCUT2D eigenvalue weighted by Gasteiger charge is -2.14. The molecule has 1 fully saturated rings. The van der Waals surface area contributed by atoms with Crippen LogP contribution in [0.4, 0.5) is 4.79 Å². The zero-order valence-electron chi connectivity index (χ0n) is 18.7. The summed E-state index contributed by atoms with van der Waals surface area (Å²) < 4.78 is 10.6. The molecule has 2 amide bonds. The van der Waals surface area contributed by atoms with Crippen LogP contribution >= 0.6 is 34.7 Å². The van der Waals surface area contributed by atoms with Crippen molar-refractivity contribution >= 4 is 57.9 Å². The maximum absolute atomic E-state index is 12.9. The number of aromatic carboxylic acids is 1. The molecule has 0 radical (unpaired) electrons. The SMILES string of the molecule is CC.O=C(O)c1ccc(-c2ccc(/C=C3\SC(=O)N(Cc4cc5c(cc4Cl)OCO5)C3=O)s2)cc1. The first-order chi connectivity index (χ1) is 16.9. The lowest BCUT2D eigenvalue weighted by Crippen LogP contribution is -2.27. The number of carbonyl (C=O) groups is 3. The summed E-state index contributed by atoms with van der Waals surface area (Å²) in [6, 6.07) is 13.6. The standard InChI is InChI=1S/C23H14ClNO6S2.C2H6/c24-16-9-18-17(30-11-31-18)7-14(16)10-25-21(26)20(33-23(25)29)8-15-5-6-19(32-15)12-1-3-13(4-2-12)22(27)28;1-2/h1-9H,10-11H2,(H,27,28);1-2H3/b20-8-;. The van der Waals surface area contributed by atoms with Gasteiger partial charge in [0.25, 0.3) is 11.1 Å². The number of rotatable bonds is 5. The molecule has 3 aromatic rings. The van der Waals surface area contributed by atoms with Crippen LogP contribution < -0.4 is 9.47 Å². The Morgan fingerprint density at radius 3 is 2.46 bits per heavy atom. The fourth-order valence-electron chi connectivity index (χ4n) is 3.38. The van der Waals surface area contributed by atoms with Crippen LogP contribution in [0.15, 0.2) is 53.4 Å². The summed E-state index contributed by atoms with van der Waals surface area (Å²) in [5.41, 5.74) is 1.68. The number of carbonyl (C=O) groups excluding carboxylic acids is 2. The summed E-state index contributed by atoms with van der Waals surface area (Å²) in [7, 11) is 0. The van der Waals surface area contributed by atoms with Gasteiger partial charge in [0, 0.05) is 20.8 Å². The van der Waals surface area contributed by atoms with E-state index in [9.17, 15) is 14.4 Å². The predicted octanol–water partition coefficient (Wildman–Crippen LogP) is 6.76. The van der Waals surface area contributed by atoms with E-state index in [0.29, 0.717) is 27.0 Å². The number of carboxylic acid groups (broad SMARTS) is 1. The average molecular weight is 530 g/mol. The summed E-state index contributed by atoms with van der Waals surface area (Å²) in [4.78, 5) is 39.7. The molecule has 10 heteroatoms. The molecule has 0 aliphatic carbocycles. The second-order valence-electron chi connectivity index (χ2n) is 7.15. The molecule has 3 heterocycles. The van der Waals surface area contributed by atoms with Gasteiger partial charge in [0.15, 0.2) is 11.5 Å². The van der Waals surface area contributed by atoms with Crippen molar-refractivity contribution in [1.82, 2.24) is 4.90 Å². The fourth-order valence-corrected chi connectivity index (χ4v) is 5.45. The first-order valence-corrected chi connectivity index (χ1v) is 12.7. The number of ether oxygens (including phenoxy) is 2. The van der Waals surface area contributed by atoms with Gasteiger partial charge in [-0.25, -0.2) is 4.79 Å². The Kier molecular flexibility index (Phi) is 7.49. The number of imide groups is 1. The van der Waals surface area contributed by atoms with Crippen LogP contribution in [0.2, 0.25) is 5.02 Å². The molecule has 0 spiro atoms. The molecule has 0 atom stereocenters. The third kappa shape index (κ3) is 5.22. The third-order valence-corrected chi connectivity index (χ3v) is 7.40. The number of hydrogen-bond donors (Lipinski definition) is 1. The van der Waals surface area contributed by atoms with Crippen molar-refractivity contribution in [1.29, 1.82) is 0 Å². The van der Waals surface area contributed by atoms with Gasteiger partial charge in [0.2, 0.25) is 6.79 Å². The first kappa shape index (κ1) is 24.8. The number of carboxylic acids is 1.